The summed E-state index contributed by atoms with van der Waals surface area (Å²) in [7, 11) is 0. The molecule has 0 bridgehead atoms. The number of halogens is 1. The van der Waals surface area contributed by atoms with Crippen LogP contribution in [0.5, 0.6) is 11.5 Å². The van der Waals surface area contributed by atoms with E-state index >= 15 is 0 Å². The normalized spacial score (nSPS) is 17.3. The molecule has 0 aliphatic carbocycles. The van der Waals surface area contributed by atoms with Gasteiger partial charge in [-0.25, -0.2) is 0 Å². The van der Waals surface area contributed by atoms with Gasteiger partial charge in [0.1, 0.15) is 19.8 Å². The molecule has 7 heteroatoms. The van der Waals surface area contributed by atoms with Gasteiger partial charge in [-0.15, -0.1) is 0 Å². The second-order valence-corrected chi connectivity index (χ2v) is 8.47. The standard InChI is InChI=1S/C23H24BrNO5/c1-16(26)25-9-7-23(8-10-25,18-5-3-2-4-6-18)22(27)30-15-17-13-20-21(14-19(17)24)29-12-11-28-20/h2-6,13-14H,7-12,15H2,1H3. The minimum atomic E-state index is -0.756. The van der Waals surface area contributed by atoms with Gasteiger partial charge in [0.15, 0.2) is 11.5 Å². The Balaban J connectivity index is 1.54. The smallest absolute Gasteiger partial charge is 0.317 e. The second-order valence-electron chi connectivity index (χ2n) is 7.62. The number of hydrogen-bond donors (Lipinski definition) is 0. The van der Waals surface area contributed by atoms with Crippen molar-refractivity contribution in [3.05, 3.63) is 58.1 Å². The highest BCUT2D eigenvalue weighted by atomic mass is 79.9. The van der Waals surface area contributed by atoms with Crippen LogP contribution in [0.3, 0.4) is 0 Å². The first kappa shape index (κ1) is 20.7. The lowest BCUT2D eigenvalue weighted by atomic mass is 9.72. The van der Waals surface area contributed by atoms with Crippen LogP contribution in [0.25, 0.3) is 0 Å². The largest absolute Gasteiger partial charge is 0.486 e. The zero-order valence-electron chi connectivity index (χ0n) is 16.9. The van der Waals surface area contributed by atoms with Gasteiger partial charge in [-0.05, 0) is 30.5 Å². The number of amides is 1. The molecule has 158 valence electrons. The highest BCUT2D eigenvalue weighted by molar-refractivity contribution is 9.10. The lowest BCUT2D eigenvalue weighted by Gasteiger charge is -2.40. The summed E-state index contributed by atoms with van der Waals surface area (Å²) < 4.78 is 17.9. The third-order valence-corrected chi connectivity index (χ3v) is 6.59. The number of ether oxygens (including phenoxy) is 3. The molecule has 4 rings (SSSR count). The van der Waals surface area contributed by atoms with E-state index in [1.807, 2.05) is 42.5 Å². The number of carbonyl (C=O) groups excluding carboxylic acids is 2. The molecular formula is C23H24BrNO5. The third kappa shape index (κ3) is 4.03. The fourth-order valence-corrected chi connectivity index (χ4v) is 4.51. The van der Waals surface area contributed by atoms with Crippen molar-refractivity contribution in [2.45, 2.75) is 31.8 Å². The summed E-state index contributed by atoms with van der Waals surface area (Å²) in [5, 5.41) is 0. The van der Waals surface area contributed by atoms with E-state index in [1.165, 1.54) is 0 Å². The van der Waals surface area contributed by atoms with E-state index in [-0.39, 0.29) is 18.5 Å². The summed E-state index contributed by atoms with van der Waals surface area (Å²) in [5.74, 6) is 1.10. The fraction of sp³-hybridized carbons (Fsp3) is 0.391. The topological polar surface area (TPSA) is 65.1 Å². The molecule has 0 N–H and O–H groups in total. The van der Waals surface area contributed by atoms with E-state index in [9.17, 15) is 9.59 Å². The van der Waals surface area contributed by atoms with Crippen LogP contribution in [0.2, 0.25) is 0 Å². The summed E-state index contributed by atoms with van der Waals surface area (Å²) >= 11 is 3.53. The zero-order chi connectivity index (χ0) is 21.1. The zero-order valence-corrected chi connectivity index (χ0v) is 18.4. The molecule has 1 amide bonds. The Kier molecular flexibility index (Phi) is 5.99. The van der Waals surface area contributed by atoms with E-state index in [2.05, 4.69) is 15.9 Å². The van der Waals surface area contributed by atoms with E-state index in [0.717, 1.165) is 15.6 Å². The fourth-order valence-electron chi connectivity index (χ4n) is 4.07. The van der Waals surface area contributed by atoms with Crippen LogP contribution in [-0.2, 0) is 26.3 Å². The quantitative estimate of drug-likeness (QED) is 0.631. The van der Waals surface area contributed by atoms with Gasteiger partial charge in [-0.3, -0.25) is 9.59 Å². The molecule has 2 aliphatic rings. The van der Waals surface area contributed by atoms with Crippen molar-refractivity contribution in [3.8, 4) is 11.5 Å². The molecular weight excluding hydrogens is 450 g/mol. The first-order valence-electron chi connectivity index (χ1n) is 10.1. The van der Waals surface area contributed by atoms with Gasteiger partial charge < -0.3 is 19.1 Å². The highest BCUT2D eigenvalue weighted by Gasteiger charge is 2.44. The van der Waals surface area contributed by atoms with Gasteiger partial charge in [-0.1, -0.05) is 46.3 Å². The Bertz CT molecular complexity index is 938. The van der Waals surface area contributed by atoms with Crippen LogP contribution in [0, 0.1) is 0 Å². The van der Waals surface area contributed by atoms with Crippen molar-refractivity contribution in [1.29, 1.82) is 0 Å². The maximum atomic E-state index is 13.4. The Hall–Kier alpha value is -2.54. The van der Waals surface area contributed by atoms with Crippen molar-refractivity contribution in [2.75, 3.05) is 26.3 Å². The van der Waals surface area contributed by atoms with Gasteiger partial charge in [-0.2, -0.15) is 0 Å². The molecule has 2 aliphatic heterocycles. The van der Waals surface area contributed by atoms with Crippen LogP contribution in [0.4, 0.5) is 0 Å². The van der Waals surface area contributed by atoms with Gasteiger partial charge in [0.25, 0.3) is 0 Å². The Morgan fingerprint density at radius 3 is 2.33 bits per heavy atom. The van der Waals surface area contributed by atoms with E-state index < -0.39 is 5.41 Å². The summed E-state index contributed by atoms with van der Waals surface area (Å²) in [6.45, 7) is 3.77. The molecule has 2 aromatic rings. The van der Waals surface area contributed by atoms with Crippen molar-refractivity contribution in [2.24, 2.45) is 0 Å². The SMILES string of the molecule is CC(=O)N1CCC(C(=O)OCc2cc3c(cc2Br)OCCO3)(c2ccccc2)CC1. The van der Waals surface area contributed by atoms with Crippen molar-refractivity contribution in [1.82, 2.24) is 4.90 Å². The monoisotopic (exact) mass is 473 g/mol. The van der Waals surface area contributed by atoms with Gasteiger partial charge in [0, 0.05) is 30.0 Å². The predicted molar refractivity (Wildman–Crippen MR) is 115 cm³/mol. The number of esters is 1. The lowest BCUT2D eigenvalue weighted by Crippen LogP contribution is -2.49. The summed E-state index contributed by atoms with van der Waals surface area (Å²) in [6, 6.07) is 13.4. The van der Waals surface area contributed by atoms with Crippen LogP contribution in [0.15, 0.2) is 46.9 Å². The van der Waals surface area contributed by atoms with Crippen molar-refractivity contribution < 1.29 is 23.8 Å². The Morgan fingerprint density at radius 2 is 1.70 bits per heavy atom. The molecule has 1 saturated heterocycles. The number of likely N-dealkylation sites (tertiary alicyclic amines) is 1. The molecule has 6 nitrogen and oxygen atoms in total. The molecule has 0 aromatic heterocycles. The number of carbonyl (C=O) groups is 2. The molecule has 2 aromatic carbocycles. The molecule has 2 heterocycles. The van der Waals surface area contributed by atoms with Crippen LogP contribution < -0.4 is 9.47 Å². The van der Waals surface area contributed by atoms with Gasteiger partial charge in [0.05, 0.1) is 5.41 Å². The number of piperidine rings is 1. The summed E-state index contributed by atoms with van der Waals surface area (Å²) in [5.41, 5.74) is 0.990. The maximum Gasteiger partial charge on any atom is 0.317 e. The van der Waals surface area contributed by atoms with Gasteiger partial charge in [0.2, 0.25) is 5.91 Å². The number of rotatable bonds is 4. The average molecular weight is 474 g/mol. The van der Waals surface area contributed by atoms with E-state index in [1.54, 1.807) is 11.8 Å². The molecule has 30 heavy (non-hydrogen) atoms. The molecule has 0 spiro atoms. The number of nitrogens with zero attached hydrogens (tertiary/aromatic N) is 1. The second kappa shape index (κ2) is 8.68. The van der Waals surface area contributed by atoms with Crippen LogP contribution in [0.1, 0.15) is 30.9 Å². The van der Waals surface area contributed by atoms with Crippen molar-refractivity contribution in [3.63, 3.8) is 0 Å². The molecule has 0 radical (unpaired) electrons. The number of benzene rings is 2. The molecule has 0 unspecified atom stereocenters. The maximum absolute atomic E-state index is 13.4. The van der Waals surface area contributed by atoms with E-state index in [4.69, 9.17) is 14.2 Å². The third-order valence-electron chi connectivity index (χ3n) is 5.85. The summed E-state index contributed by atoms with van der Waals surface area (Å²) in [4.78, 5) is 26.9. The van der Waals surface area contributed by atoms with E-state index in [0.29, 0.717) is 50.6 Å². The minimum Gasteiger partial charge on any atom is -0.486 e. The Labute approximate surface area is 184 Å². The van der Waals surface area contributed by atoms with Crippen LogP contribution in [-0.4, -0.2) is 43.1 Å². The lowest BCUT2D eigenvalue weighted by molar-refractivity contribution is -0.155. The molecule has 0 atom stereocenters. The van der Waals surface area contributed by atoms with Gasteiger partial charge >= 0.3 is 5.97 Å². The first-order valence-corrected chi connectivity index (χ1v) is 10.9. The molecule has 0 saturated carbocycles. The van der Waals surface area contributed by atoms with Crippen LogP contribution >= 0.6 is 15.9 Å². The minimum absolute atomic E-state index is 0.0326. The Morgan fingerprint density at radius 1 is 1.07 bits per heavy atom. The van der Waals surface area contributed by atoms with Crippen molar-refractivity contribution >= 4 is 27.8 Å². The first-order chi connectivity index (χ1) is 14.5. The highest BCUT2D eigenvalue weighted by Crippen LogP contribution is 2.39. The average Bonchev–Trinajstić information content (AvgIpc) is 2.78. The molecule has 1 fully saturated rings. The predicted octanol–water partition coefficient (Wildman–Crippen LogP) is 3.84. The number of hydrogen-bond acceptors (Lipinski definition) is 5. The number of fused-ring (bicyclic) bond motifs is 1. The summed E-state index contributed by atoms with van der Waals surface area (Å²) in [6.07, 6.45) is 1.08.